The van der Waals surface area contributed by atoms with Crippen LogP contribution in [-0.4, -0.2) is 14.8 Å². The number of unbranched alkanes of at least 4 members (excludes halogenated alkanes) is 2. The lowest BCUT2D eigenvalue weighted by molar-refractivity contribution is 0.452. The summed E-state index contributed by atoms with van der Waals surface area (Å²) in [5.74, 6) is -0.0162. The van der Waals surface area contributed by atoms with Crippen molar-refractivity contribution in [2.45, 2.75) is 32.7 Å². The van der Waals surface area contributed by atoms with Crippen LogP contribution in [0.25, 0.3) is 33.2 Å². The summed E-state index contributed by atoms with van der Waals surface area (Å²) in [4.78, 5) is 12.6. The van der Waals surface area contributed by atoms with Crippen LogP contribution in [0.4, 0.5) is 0 Å². The molecule has 5 nitrogen and oxygen atoms in total. The number of hydrogen-bond donors (Lipinski definition) is 2. The maximum absolute atomic E-state index is 12.6. The summed E-state index contributed by atoms with van der Waals surface area (Å²) < 4.78 is 8.09. The van der Waals surface area contributed by atoms with Crippen LogP contribution in [0, 0.1) is 0 Å². The molecule has 2 N–H and O–H groups in total. The molecule has 0 aliphatic rings. The number of phenols is 2. The molecule has 5 heteroatoms. The minimum Gasteiger partial charge on any atom is -0.508 e. The van der Waals surface area contributed by atoms with Gasteiger partial charge in [0.25, 0.3) is 0 Å². The molecule has 0 spiro atoms. The van der Waals surface area contributed by atoms with E-state index in [0.717, 1.165) is 48.3 Å². The first kappa shape index (κ1) is 17.2. The van der Waals surface area contributed by atoms with Crippen molar-refractivity contribution in [3.05, 3.63) is 58.9 Å². The number of benzene rings is 2. The molecule has 0 aliphatic heterocycles. The maximum atomic E-state index is 12.6. The molecule has 4 aromatic rings. The van der Waals surface area contributed by atoms with Crippen molar-refractivity contribution in [3.63, 3.8) is 0 Å². The van der Waals surface area contributed by atoms with Gasteiger partial charge in [-0.05, 0) is 12.5 Å². The number of aromatic hydroxyl groups is 2. The monoisotopic (exact) mass is 363 g/mol. The highest BCUT2D eigenvalue weighted by Gasteiger charge is 2.16. The molecule has 0 fully saturated rings. The van der Waals surface area contributed by atoms with Crippen LogP contribution in [0.15, 0.2) is 57.9 Å². The standard InChI is InChI=1S/C22H21NO4/c1-2-3-6-9-23-13-16(15-7-4-5-8-17(15)23)20-12-19(26)22-18(25)10-14(24)11-21(22)27-20/h4-5,7-8,10-13,24-25H,2-3,6,9H2,1H3. The fourth-order valence-corrected chi connectivity index (χ4v) is 3.55. The second-order valence-corrected chi connectivity index (χ2v) is 6.77. The van der Waals surface area contributed by atoms with Crippen LogP contribution in [0.5, 0.6) is 11.5 Å². The van der Waals surface area contributed by atoms with Crippen molar-refractivity contribution < 1.29 is 14.6 Å². The van der Waals surface area contributed by atoms with Crippen molar-refractivity contribution in [1.29, 1.82) is 0 Å². The smallest absolute Gasteiger partial charge is 0.197 e. The summed E-state index contributed by atoms with van der Waals surface area (Å²) in [6.45, 7) is 3.07. The van der Waals surface area contributed by atoms with Gasteiger partial charge in [0.2, 0.25) is 0 Å². The van der Waals surface area contributed by atoms with Gasteiger partial charge in [0.05, 0.1) is 0 Å². The largest absolute Gasteiger partial charge is 0.508 e. The molecule has 0 aliphatic carbocycles. The second-order valence-electron chi connectivity index (χ2n) is 6.77. The average Bonchev–Trinajstić information content (AvgIpc) is 3.00. The minimum atomic E-state index is -0.341. The number of fused-ring (bicyclic) bond motifs is 2. The van der Waals surface area contributed by atoms with Gasteiger partial charge >= 0.3 is 0 Å². The van der Waals surface area contributed by atoms with Gasteiger partial charge < -0.3 is 19.2 Å². The van der Waals surface area contributed by atoms with Gasteiger partial charge in [-0.25, -0.2) is 0 Å². The fourth-order valence-electron chi connectivity index (χ4n) is 3.55. The third kappa shape index (κ3) is 3.05. The van der Waals surface area contributed by atoms with Crippen molar-refractivity contribution in [1.82, 2.24) is 4.57 Å². The van der Waals surface area contributed by atoms with Crippen LogP contribution in [-0.2, 0) is 6.54 Å². The third-order valence-corrected chi connectivity index (χ3v) is 4.85. The molecule has 2 aromatic heterocycles. The molecule has 0 saturated carbocycles. The number of aromatic nitrogens is 1. The Hall–Kier alpha value is -3.21. The number of para-hydroxylation sites is 1. The Kier molecular flexibility index (Phi) is 4.36. The summed E-state index contributed by atoms with van der Waals surface area (Å²) in [6.07, 6.45) is 5.40. The Labute approximate surface area is 156 Å². The molecule has 0 saturated heterocycles. The zero-order valence-corrected chi connectivity index (χ0v) is 15.1. The molecule has 4 rings (SSSR count). The second kappa shape index (κ2) is 6.83. The Morgan fingerprint density at radius 2 is 1.89 bits per heavy atom. The van der Waals surface area contributed by atoms with Gasteiger partial charge in [0.1, 0.15) is 28.2 Å². The van der Waals surface area contributed by atoms with Gasteiger partial charge in [-0.2, -0.15) is 0 Å². The van der Waals surface area contributed by atoms with Crippen molar-refractivity contribution in [2.75, 3.05) is 0 Å². The predicted molar refractivity (Wildman–Crippen MR) is 106 cm³/mol. The van der Waals surface area contributed by atoms with Gasteiger partial charge in [-0.1, -0.05) is 38.0 Å². The number of rotatable bonds is 5. The normalized spacial score (nSPS) is 11.4. The topological polar surface area (TPSA) is 75.6 Å². The molecule has 138 valence electrons. The van der Waals surface area contributed by atoms with Crippen LogP contribution < -0.4 is 5.43 Å². The Bertz CT molecular complexity index is 1190. The number of aryl methyl sites for hydroxylation is 1. The zero-order chi connectivity index (χ0) is 19.0. The first-order chi connectivity index (χ1) is 13.1. The van der Waals surface area contributed by atoms with Crippen molar-refractivity contribution in [2.24, 2.45) is 0 Å². The molecular weight excluding hydrogens is 342 g/mol. The average molecular weight is 363 g/mol. The number of nitrogens with zero attached hydrogens (tertiary/aromatic N) is 1. The van der Waals surface area contributed by atoms with Crippen LogP contribution in [0.1, 0.15) is 26.2 Å². The Morgan fingerprint density at radius 1 is 1.07 bits per heavy atom. The van der Waals surface area contributed by atoms with E-state index >= 15 is 0 Å². The van der Waals surface area contributed by atoms with Crippen LogP contribution in [0.2, 0.25) is 0 Å². The van der Waals surface area contributed by atoms with E-state index in [0.29, 0.717) is 5.76 Å². The van der Waals surface area contributed by atoms with Crippen LogP contribution in [0.3, 0.4) is 0 Å². The van der Waals surface area contributed by atoms with E-state index in [-0.39, 0.29) is 27.9 Å². The summed E-state index contributed by atoms with van der Waals surface area (Å²) in [5, 5.41) is 20.8. The minimum absolute atomic E-state index is 0.0724. The van der Waals surface area contributed by atoms with E-state index in [1.54, 1.807) is 0 Å². The fraction of sp³-hybridized carbons (Fsp3) is 0.227. The lowest BCUT2D eigenvalue weighted by atomic mass is 10.1. The van der Waals surface area contributed by atoms with Crippen molar-refractivity contribution in [3.8, 4) is 22.8 Å². The van der Waals surface area contributed by atoms with Crippen LogP contribution >= 0.6 is 0 Å². The van der Waals surface area contributed by atoms with E-state index in [1.165, 1.54) is 12.1 Å². The molecule has 0 atom stereocenters. The van der Waals surface area contributed by atoms with Gasteiger partial charge in [0, 0.05) is 47.4 Å². The molecule has 0 bridgehead atoms. The van der Waals surface area contributed by atoms with Crippen molar-refractivity contribution >= 4 is 21.9 Å². The molecular formula is C22H21NO4. The van der Waals surface area contributed by atoms with Gasteiger partial charge in [-0.15, -0.1) is 0 Å². The summed E-state index contributed by atoms with van der Waals surface area (Å²) >= 11 is 0. The Morgan fingerprint density at radius 3 is 2.70 bits per heavy atom. The lowest BCUT2D eigenvalue weighted by Crippen LogP contribution is -2.00. The summed E-state index contributed by atoms with van der Waals surface area (Å²) in [6, 6.07) is 11.9. The highest BCUT2D eigenvalue weighted by atomic mass is 16.3. The molecule has 0 unspecified atom stereocenters. The summed E-state index contributed by atoms with van der Waals surface area (Å²) in [5.41, 5.74) is 1.73. The number of phenolic OH excluding ortho intramolecular Hbond substituents is 2. The van der Waals surface area contributed by atoms with Gasteiger partial charge in [-0.3, -0.25) is 4.79 Å². The summed E-state index contributed by atoms with van der Waals surface area (Å²) in [7, 11) is 0. The quantitative estimate of drug-likeness (QED) is 0.488. The lowest BCUT2D eigenvalue weighted by Gasteiger charge is -2.04. The number of hydrogen-bond acceptors (Lipinski definition) is 4. The molecule has 2 aromatic carbocycles. The molecule has 27 heavy (non-hydrogen) atoms. The third-order valence-electron chi connectivity index (χ3n) is 4.85. The van der Waals surface area contributed by atoms with Gasteiger partial charge in [0.15, 0.2) is 5.43 Å². The maximum Gasteiger partial charge on any atom is 0.197 e. The molecule has 2 heterocycles. The highest BCUT2D eigenvalue weighted by molar-refractivity contribution is 5.96. The first-order valence-corrected chi connectivity index (χ1v) is 9.16. The van der Waals surface area contributed by atoms with E-state index in [9.17, 15) is 15.0 Å². The van der Waals surface area contributed by atoms with E-state index in [1.807, 2.05) is 24.4 Å². The Balaban J connectivity index is 1.91. The van der Waals surface area contributed by atoms with E-state index in [4.69, 9.17) is 4.42 Å². The van der Waals surface area contributed by atoms with E-state index in [2.05, 4.69) is 17.6 Å². The predicted octanol–water partition coefficient (Wildman–Crippen LogP) is 5.02. The SMILES string of the molecule is CCCCCn1cc(-c2cc(=O)c3c(O)cc(O)cc3o2)c2ccccc21. The molecule has 0 amide bonds. The van der Waals surface area contributed by atoms with E-state index < -0.39 is 0 Å². The first-order valence-electron chi connectivity index (χ1n) is 9.16. The molecule has 0 radical (unpaired) electrons. The zero-order valence-electron chi connectivity index (χ0n) is 15.1. The highest BCUT2D eigenvalue weighted by Crippen LogP contribution is 2.34.